The topological polar surface area (TPSA) is 52.9 Å². The van der Waals surface area contributed by atoms with Crippen molar-refractivity contribution in [1.82, 2.24) is 5.32 Å². The number of nitrogens with one attached hydrogen (secondary N) is 1. The summed E-state index contributed by atoms with van der Waals surface area (Å²) in [5.41, 5.74) is 0.487. The Morgan fingerprint density at radius 1 is 1.65 bits per heavy atom. The van der Waals surface area contributed by atoms with Crippen LogP contribution in [-0.2, 0) is 4.79 Å². The Morgan fingerprint density at radius 3 is 3.05 bits per heavy atom. The number of thioether (sulfide) groups is 2. The largest absolute Gasteiger partial charge is 0.336 e. The van der Waals surface area contributed by atoms with Gasteiger partial charge in [-0.05, 0) is 42.9 Å². The molecule has 2 rings (SSSR count). The van der Waals surface area contributed by atoms with Crippen molar-refractivity contribution in [2.24, 2.45) is 0 Å². The van der Waals surface area contributed by atoms with E-state index >= 15 is 0 Å². The van der Waals surface area contributed by atoms with Crippen LogP contribution in [0, 0.1) is 18.3 Å². The van der Waals surface area contributed by atoms with Crippen LogP contribution in [0.1, 0.15) is 12.0 Å². The normalized spacial score (nSPS) is 21.4. The zero-order valence-electron chi connectivity index (χ0n) is 11.1. The van der Waals surface area contributed by atoms with E-state index in [1.807, 2.05) is 25.1 Å². The molecule has 1 aromatic rings. The Kier molecular flexibility index (Phi) is 5.42. The minimum atomic E-state index is -0.656. The monoisotopic (exact) mass is 370 g/mol. The van der Waals surface area contributed by atoms with Gasteiger partial charge < -0.3 is 5.32 Å². The smallest absolute Gasteiger partial charge is 0.231 e. The molecule has 0 radical (unpaired) electrons. The third-order valence-electron chi connectivity index (χ3n) is 3.11. The van der Waals surface area contributed by atoms with Crippen molar-refractivity contribution in [3.05, 3.63) is 28.2 Å². The van der Waals surface area contributed by atoms with Crippen LogP contribution < -0.4 is 5.32 Å². The zero-order valence-corrected chi connectivity index (χ0v) is 14.3. The SMILES string of the molecule is Cc1cc(Br)ccc1SCC(=O)N[C@]1(C#N)CCSC1. The molecule has 0 unspecified atom stereocenters. The van der Waals surface area contributed by atoms with E-state index in [9.17, 15) is 10.1 Å². The Bertz CT molecular complexity index is 551. The van der Waals surface area contributed by atoms with Crippen molar-refractivity contribution in [1.29, 1.82) is 5.26 Å². The first kappa shape index (κ1) is 15.7. The molecule has 1 heterocycles. The molecule has 20 heavy (non-hydrogen) atoms. The maximum Gasteiger partial charge on any atom is 0.231 e. The maximum atomic E-state index is 12.0. The summed E-state index contributed by atoms with van der Waals surface area (Å²) in [5, 5.41) is 12.1. The van der Waals surface area contributed by atoms with E-state index in [0.717, 1.165) is 27.1 Å². The number of benzene rings is 1. The molecule has 1 aromatic carbocycles. The molecular weight excluding hydrogens is 356 g/mol. The fraction of sp³-hybridized carbons (Fsp3) is 0.429. The van der Waals surface area contributed by atoms with Crippen molar-refractivity contribution in [3.8, 4) is 6.07 Å². The van der Waals surface area contributed by atoms with Gasteiger partial charge in [-0.2, -0.15) is 17.0 Å². The Hall–Kier alpha value is -0.640. The summed E-state index contributed by atoms with van der Waals surface area (Å²) in [7, 11) is 0. The van der Waals surface area contributed by atoms with Gasteiger partial charge in [0.25, 0.3) is 0 Å². The maximum absolute atomic E-state index is 12.0. The van der Waals surface area contributed by atoms with Crippen molar-refractivity contribution in [3.63, 3.8) is 0 Å². The summed E-state index contributed by atoms with van der Waals surface area (Å²) in [5.74, 6) is 1.90. The highest BCUT2D eigenvalue weighted by Crippen LogP contribution is 2.28. The van der Waals surface area contributed by atoms with Crippen LogP contribution in [0.4, 0.5) is 0 Å². The second kappa shape index (κ2) is 6.88. The molecule has 0 saturated carbocycles. The number of nitriles is 1. The molecular formula is C14H15BrN2OS2. The number of hydrogen-bond donors (Lipinski definition) is 1. The molecule has 1 amide bonds. The molecule has 1 N–H and O–H groups in total. The van der Waals surface area contributed by atoms with Crippen molar-refractivity contribution >= 4 is 45.4 Å². The highest BCUT2D eigenvalue weighted by Gasteiger charge is 2.35. The summed E-state index contributed by atoms with van der Waals surface area (Å²) in [6.07, 6.45) is 0.738. The first-order valence-corrected chi connectivity index (χ1v) is 9.17. The lowest BCUT2D eigenvalue weighted by Gasteiger charge is -2.21. The van der Waals surface area contributed by atoms with Crippen molar-refractivity contribution in [2.45, 2.75) is 23.8 Å². The van der Waals surface area contributed by atoms with Gasteiger partial charge in [-0.15, -0.1) is 11.8 Å². The van der Waals surface area contributed by atoms with Crippen molar-refractivity contribution in [2.75, 3.05) is 17.3 Å². The Morgan fingerprint density at radius 2 is 2.45 bits per heavy atom. The van der Waals surface area contributed by atoms with Crippen LogP contribution in [0.25, 0.3) is 0 Å². The first-order valence-electron chi connectivity index (χ1n) is 6.24. The van der Waals surface area contributed by atoms with Crippen LogP contribution in [-0.4, -0.2) is 28.7 Å². The standard InChI is InChI=1S/C14H15BrN2OS2/c1-10-6-11(15)2-3-12(10)20-7-13(18)17-14(8-16)4-5-19-9-14/h2-3,6H,4-5,7,9H2,1H3,(H,17,18)/t14-/m0/s1. The highest BCUT2D eigenvalue weighted by molar-refractivity contribution is 9.10. The predicted octanol–water partition coefficient (Wildman–Crippen LogP) is 3.37. The van der Waals surface area contributed by atoms with Gasteiger partial charge in [0.05, 0.1) is 11.8 Å². The van der Waals surface area contributed by atoms with E-state index in [1.165, 1.54) is 11.8 Å². The second-order valence-corrected chi connectivity index (χ2v) is 7.78. The van der Waals surface area contributed by atoms with E-state index in [2.05, 4.69) is 27.3 Å². The average Bonchev–Trinajstić information content (AvgIpc) is 2.87. The molecule has 0 spiro atoms. The van der Waals surface area contributed by atoms with Gasteiger partial charge in [-0.1, -0.05) is 15.9 Å². The van der Waals surface area contributed by atoms with E-state index in [-0.39, 0.29) is 5.91 Å². The number of carbonyl (C=O) groups excluding carboxylic acids is 1. The fourth-order valence-electron chi connectivity index (χ4n) is 2.00. The van der Waals surface area contributed by atoms with Crippen LogP contribution in [0.15, 0.2) is 27.6 Å². The fourth-order valence-corrected chi connectivity index (χ4v) is 4.55. The van der Waals surface area contributed by atoms with E-state index in [0.29, 0.717) is 11.5 Å². The zero-order chi connectivity index (χ0) is 14.6. The minimum absolute atomic E-state index is 0.0682. The molecule has 1 saturated heterocycles. The van der Waals surface area contributed by atoms with Crippen LogP contribution in [0.3, 0.4) is 0 Å². The van der Waals surface area contributed by atoms with Gasteiger partial charge in [0.2, 0.25) is 5.91 Å². The molecule has 1 aliphatic rings. The Balaban J connectivity index is 1.91. The van der Waals surface area contributed by atoms with Crippen LogP contribution in [0.2, 0.25) is 0 Å². The third kappa shape index (κ3) is 3.94. The molecule has 106 valence electrons. The number of nitrogens with zero attached hydrogens (tertiary/aromatic N) is 1. The molecule has 0 aliphatic carbocycles. The lowest BCUT2D eigenvalue weighted by molar-refractivity contribution is -0.119. The van der Waals surface area contributed by atoms with Gasteiger partial charge in [-0.3, -0.25) is 4.79 Å². The van der Waals surface area contributed by atoms with Gasteiger partial charge in [0.15, 0.2) is 0 Å². The summed E-state index contributed by atoms with van der Waals surface area (Å²) in [6, 6.07) is 8.26. The summed E-state index contributed by atoms with van der Waals surface area (Å²) in [6.45, 7) is 2.02. The summed E-state index contributed by atoms with van der Waals surface area (Å²) < 4.78 is 1.04. The molecule has 1 aliphatic heterocycles. The molecule has 3 nitrogen and oxygen atoms in total. The lowest BCUT2D eigenvalue weighted by atomic mass is 10.0. The van der Waals surface area contributed by atoms with E-state index < -0.39 is 5.54 Å². The quantitative estimate of drug-likeness (QED) is 0.825. The highest BCUT2D eigenvalue weighted by atomic mass is 79.9. The number of aryl methyl sites for hydroxylation is 1. The molecule has 1 fully saturated rings. The number of amides is 1. The molecule has 1 atom stereocenters. The first-order chi connectivity index (χ1) is 9.54. The number of rotatable bonds is 4. The van der Waals surface area contributed by atoms with Gasteiger partial charge in [-0.25, -0.2) is 0 Å². The lowest BCUT2D eigenvalue weighted by Crippen LogP contribution is -2.48. The van der Waals surface area contributed by atoms with E-state index in [4.69, 9.17) is 0 Å². The number of halogens is 1. The average molecular weight is 371 g/mol. The van der Waals surface area contributed by atoms with Crippen molar-refractivity contribution < 1.29 is 4.79 Å². The predicted molar refractivity (Wildman–Crippen MR) is 88.0 cm³/mol. The summed E-state index contributed by atoms with van der Waals surface area (Å²) >= 11 is 6.65. The third-order valence-corrected chi connectivity index (χ3v) is 5.97. The number of carbonyl (C=O) groups is 1. The minimum Gasteiger partial charge on any atom is -0.336 e. The number of hydrogen-bond acceptors (Lipinski definition) is 4. The van der Waals surface area contributed by atoms with E-state index in [1.54, 1.807) is 11.8 Å². The Labute approximate surface area is 136 Å². The van der Waals surface area contributed by atoms with Gasteiger partial charge >= 0.3 is 0 Å². The van der Waals surface area contributed by atoms with Gasteiger partial charge in [0.1, 0.15) is 5.54 Å². The molecule has 6 heteroatoms. The summed E-state index contributed by atoms with van der Waals surface area (Å²) in [4.78, 5) is 13.1. The molecule has 0 aromatic heterocycles. The molecule has 0 bridgehead atoms. The van der Waals surface area contributed by atoms with Gasteiger partial charge in [0, 0.05) is 15.1 Å². The van der Waals surface area contributed by atoms with Crippen LogP contribution >= 0.6 is 39.5 Å². The second-order valence-electron chi connectivity index (χ2n) is 4.74. The van der Waals surface area contributed by atoms with Crippen LogP contribution in [0.5, 0.6) is 0 Å².